The van der Waals surface area contributed by atoms with Crippen LogP contribution in [0.15, 0.2) is 12.4 Å². The van der Waals surface area contributed by atoms with Gasteiger partial charge in [0.05, 0.1) is 6.33 Å². The second kappa shape index (κ2) is 3.36. The van der Waals surface area contributed by atoms with Crippen molar-refractivity contribution in [3.05, 3.63) is 12.4 Å². The first-order valence-electron chi connectivity index (χ1n) is 2.66. The zero-order valence-corrected chi connectivity index (χ0v) is 6.43. The summed E-state index contributed by atoms with van der Waals surface area (Å²) in [7, 11) is 0. The fourth-order valence-corrected chi connectivity index (χ4v) is 0.484. The predicted molar refractivity (Wildman–Crippen MR) is 30.9 cm³/mol. The van der Waals surface area contributed by atoms with E-state index in [9.17, 15) is 30.7 Å². The van der Waals surface area contributed by atoms with Gasteiger partial charge in [-0.15, -0.1) is 0 Å². The van der Waals surface area contributed by atoms with Gasteiger partial charge in [-0.2, -0.15) is 26.3 Å². The number of alkyl halides is 7. The second-order valence-corrected chi connectivity index (χ2v) is 2.60. The fourth-order valence-electron chi connectivity index (χ4n) is 0.437. The first kappa shape index (κ1) is 12.5. The molecule has 78 valence electrons. The van der Waals surface area contributed by atoms with Crippen molar-refractivity contribution in [2.24, 2.45) is 0 Å². The molecule has 0 aromatic carbocycles. The lowest BCUT2D eigenvalue weighted by molar-refractivity contribution is -0.253. The van der Waals surface area contributed by atoms with Crippen LogP contribution in [0.3, 0.4) is 0 Å². The third-order valence-electron chi connectivity index (χ3n) is 1.12. The minimum atomic E-state index is -5.80. The maximum Gasteiger partial charge on any atom is 0.420 e. The molecule has 0 aliphatic carbocycles. The lowest BCUT2D eigenvalue weighted by atomic mass is 10.1. The maximum absolute atomic E-state index is 11.7. The number of hydrogen-bond acceptors (Lipinski definition) is 0. The molecule has 0 fully saturated rings. The lowest BCUT2D eigenvalue weighted by Crippen LogP contribution is -2.50. The normalized spacial score (nSPS) is 15.4. The van der Waals surface area contributed by atoms with Crippen molar-refractivity contribution in [1.29, 1.82) is 0 Å². The Labute approximate surface area is 73.0 Å². The van der Waals surface area contributed by atoms with Gasteiger partial charge in [0.2, 0.25) is 0 Å². The topological polar surface area (TPSA) is 0 Å². The summed E-state index contributed by atoms with van der Waals surface area (Å²) in [6, 6.07) is 0. The average Bonchev–Trinajstić information content (AvgIpc) is 1.82. The van der Waals surface area contributed by atoms with Gasteiger partial charge in [0.25, 0.3) is 4.87 Å². The van der Waals surface area contributed by atoms with Gasteiger partial charge in [0.15, 0.2) is 0 Å². The highest BCUT2D eigenvalue weighted by atomic mass is 35.5. The summed E-state index contributed by atoms with van der Waals surface area (Å²) in [6.07, 6.45) is -13.3. The molecule has 0 aliphatic heterocycles. The minimum absolute atomic E-state index is 0.797. The Morgan fingerprint density at radius 2 is 1.15 bits per heavy atom. The molecule has 0 heterocycles. The number of hydrogen-bond donors (Lipinski definition) is 0. The molecule has 0 atom stereocenters. The van der Waals surface area contributed by atoms with Gasteiger partial charge in [-0.05, 0) is 6.08 Å². The van der Waals surface area contributed by atoms with Crippen molar-refractivity contribution in [3.8, 4) is 0 Å². The predicted octanol–water partition coefficient (Wildman–Crippen LogP) is 3.57. The highest BCUT2D eigenvalue weighted by Gasteiger charge is 2.68. The Balaban J connectivity index is 5.21. The number of rotatable bonds is 1. The summed E-state index contributed by atoms with van der Waals surface area (Å²) in [6.45, 7) is 0. The minimum Gasteiger partial charge on any atom is -0.216 e. The summed E-state index contributed by atoms with van der Waals surface area (Å²) < 4.78 is 81.6. The molecule has 0 rings (SSSR count). The van der Waals surface area contributed by atoms with Crippen molar-refractivity contribution in [2.75, 3.05) is 0 Å². The van der Waals surface area contributed by atoms with E-state index in [0.717, 1.165) is 0 Å². The monoisotopic (exact) mass is 230 g/mol. The van der Waals surface area contributed by atoms with Crippen LogP contribution < -0.4 is 0 Å². The summed E-state index contributed by atoms with van der Waals surface area (Å²) >= 11 is 4.21. The Hall–Kier alpha value is -0.460. The van der Waals surface area contributed by atoms with Gasteiger partial charge in [0, 0.05) is 0 Å². The zero-order chi connectivity index (χ0) is 10.9. The molecule has 0 amide bonds. The first-order valence-corrected chi connectivity index (χ1v) is 3.04. The van der Waals surface area contributed by atoms with Crippen LogP contribution in [0.25, 0.3) is 0 Å². The van der Waals surface area contributed by atoms with Crippen LogP contribution in [0.4, 0.5) is 30.7 Å². The average molecular weight is 231 g/mol. The molecule has 0 saturated carbocycles. The van der Waals surface area contributed by atoms with E-state index < -0.39 is 29.6 Å². The molecular formula is C5H2ClF7. The molecular weight excluding hydrogens is 228 g/mol. The molecule has 13 heavy (non-hydrogen) atoms. The molecule has 0 aliphatic rings. The molecule has 0 aromatic heterocycles. The highest BCUT2D eigenvalue weighted by molar-refractivity contribution is 6.26. The second-order valence-electron chi connectivity index (χ2n) is 2.00. The Morgan fingerprint density at radius 3 is 1.23 bits per heavy atom. The van der Waals surface area contributed by atoms with E-state index >= 15 is 0 Å². The van der Waals surface area contributed by atoms with Crippen LogP contribution in [-0.2, 0) is 0 Å². The van der Waals surface area contributed by atoms with E-state index in [4.69, 9.17) is 0 Å². The first-order chi connectivity index (χ1) is 5.56. The van der Waals surface area contributed by atoms with Gasteiger partial charge >= 0.3 is 12.4 Å². The van der Waals surface area contributed by atoms with Crippen molar-refractivity contribution in [3.63, 3.8) is 0 Å². The zero-order valence-electron chi connectivity index (χ0n) is 5.68. The maximum atomic E-state index is 11.7. The van der Waals surface area contributed by atoms with Gasteiger partial charge in [0.1, 0.15) is 0 Å². The molecule has 0 aromatic rings. The Kier molecular flexibility index (Phi) is 3.24. The van der Waals surface area contributed by atoms with Crippen LogP contribution >= 0.6 is 11.6 Å². The van der Waals surface area contributed by atoms with Crippen molar-refractivity contribution in [1.82, 2.24) is 0 Å². The third kappa shape index (κ3) is 2.26. The number of allylic oxidation sites excluding steroid dienone is 1. The van der Waals surface area contributed by atoms with Crippen LogP contribution in [-0.4, -0.2) is 17.2 Å². The van der Waals surface area contributed by atoms with Crippen molar-refractivity contribution in [2.45, 2.75) is 17.2 Å². The molecule has 8 heteroatoms. The van der Waals surface area contributed by atoms with Gasteiger partial charge in [-0.1, -0.05) is 11.6 Å². The molecule has 0 N–H and O–H groups in total. The van der Waals surface area contributed by atoms with Gasteiger partial charge in [-0.25, -0.2) is 4.39 Å². The molecule has 0 saturated heterocycles. The van der Waals surface area contributed by atoms with Crippen LogP contribution in [0, 0.1) is 0 Å². The van der Waals surface area contributed by atoms with Crippen LogP contribution in [0.1, 0.15) is 0 Å². The van der Waals surface area contributed by atoms with Crippen LogP contribution in [0.2, 0.25) is 0 Å². The summed E-state index contributed by atoms with van der Waals surface area (Å²) in [5.41, 5.74) is 0. The molecule has 0 bridgehead atoms. The molecule has 0 spiro atoms. The van der Waals surface area contributed by atoms with E-state index in [1.807, 2.05) is 0 Å². The van der Waals surface area contributed by atoms with Gasteiger partial charge in [-0.3, -0.25) is 0 Å². The van der Waals surface area contributed by atoms with E-state index in [1.165, 1.54) is 0 Å². The fraction of sp³-hybridized carbons (Fsp3) is 0.600. The largest absolute Gasteiger partial charge is 0.420 e. The summed E-state index contributed by atoms with van der Waals surface area (Å²) in [5, 5.41) is 0. The summed E-state index contributed by atoms with van der Waals surface area (Å²) in [5.74, 6) is 0. The number of halogens is 8. The quantitative estimate of drug-likeness (QED) is 0.477. The van der Waals surface area contributed by atoms with Gasteiger partial charge < -0.3 is 0 Å². The highest BCUT2D eigenvalue weighted by Crippen LogP contribution is 2.48. The lowest BCUT2D eigenvalue weighted by Gasteiger charge is -2.27. The summed E-state index contributed by atoms with van der Waals surface area (Å²) in [4.78, 5) is -4.66. The van der Waals surface area contributed by atoms with E-state index in [2.05, 4.69) is 11.6 Å². The van der Waals surface area contributed by atoms with E-state index in [1.54, 1.807) is 0 Å². The standard InChI is InChI=1S/C5H2ClF7/c6-3(1-2-7,4(8,9)10)5(11,12)13/h1-2H/b2-1-. The Bertz CT molecular complexity index is 186. The molecule has 0 nitrogen and oxygen atoms in total. The molecule has 0 radical (unpaired) electrons. The van der Waals surface area contributed by atoms with Crippen molar-refractivity contribution >= 4 is 11.6 Å². The van der Waals surface area contributed by atoms with E-state index in [-0.39, 0.29) is 0 Å². The smallest absolute Gasteiger partial charge is 0.216 e. The van der Waals surface area contributed by atoms with Crippen molar-refractivity contribution < 1.29 is 30.7 Å². The molecule has 0 unspecified atom stereocenters. The van der Waals surface area contributed by atoms with E-state index in [0.29, 0.717) is 0 Å². The van der Waals surface area contributed by atoms with Crippen LogP contribution in [0.5, 0.6) is 0 Å². The Morgan fingerprint density at radius 1 is 0.846 bits per heavy atom. The SMILES string of the molecule is F/C=C\C(Cl)(C(F)(F)F)C(F)(F)F. The third-order valence-corrected chi connectivity index (χ3v) is 1.67.